The van der Waals surface area contributed by atoms with Gasteiger partial charge in [-0.25, -0.2) is 14.4 Å². The Kier molecular flexibility index (Phi) is 6.58. The SMILES string of the molecule is NC(=O)C1CC(=O)N(Cc2ccc(Nc3cnc(N4CCC(C(F)(F)F)CC4)nc3)c(F)c2)C1. The van der Waals surface area contributed by atoms with Crippen molar-refractivity contribution >= 4 is 29.1 Å². The van der Waals surface area contributed by atoms with E-state index in [-0.39, 0.29) is 57.0 Å². The molecule has 0 aliphatic carbocycles. The molecule has 2 fully saturated rings. The molecule has 1 atom stereocenters. The van der Waals surface area contributed by atoms with E-state index in [1.165, 1.54) is 29.4 Å². The molecule has 0 radical (unpaired) electrons. The predicted molar refractivity (Wildman–Crippen MR) is 115 cm³/mol. The number of nitrogens with two attached hydrogens (primary N) is 1. The van der Waals surface area contributed by atoms with Gasteiger partial charge in [0.25, 0.3) is 0 Å². The summed E-state index contributed by atoms with van der Waals surface area (Å²) in [7, 11) is 0. The molecule has 2 saturated heterocycles. The zero-order chi connectivity index (χ0) is 24.5. The third kappa shape index (κ3) is 5.37. The number of amides is 2. The van der Waals surface area contributed by atoms with E-state index in [1.54, 1.807) is 11.0 Å². The molecule has 1 unspecified atom stereocenters. The summed E-state index contributed by atoms with van der Waals surface area (Å²) in [6.45, 7) is 0.815. The molecule has 182 valence electrons. The van der Waals surface area contributed by atoms with Crippen LogP contribution in [0.25, 0.3) is 0 Å². The zero-order valence-corrected chi connectivity index (χ0v) is 18.2. The molecular weight excluding hydrogens is 456 g/mol. The summed E-state index contributed by atoms with van der Waals surface area (Å²) in [6, 6.07) is 4.48. The number of rotatable bonds is 6. The molecule has 34 heavy (non-hydrogen) atoms. The molecule has 3 N–H and O–H groups in total. The van der Waals surface area contributed by atoms with Crippen molar-refractivity contribution in [3.05, 3.63) is 42.0 Å². The molecule has 4 rings (SSSR count). The summed E-state index contributed by atoms with van der Waals surface area (Å²) in [6.07, 6.45) is -1.24. The van der Waals surface area contributed by atoms with Gasteiger partial charge in [0.2, 0.25) is 17.8 Å². The maximum Gasteiger partial charge on any atom is 0.391 e. The first-order valence-electron chi connectivity index (χ1n) is 10.9. The number of primary amides is 1. The van der Waals surface area contributed by atoms with Gasteiger partial charge in [0.15, 0.2) is 0 Å². The first-order chi connectivity index (χ1) is 16.1. The van der Waals surface area contributed by atoms with Crippen LogP contribution in [0, 0.1) is 17.7 Å². The lowest BCUT2D eigenvalue weighted by Gasteiger charge is -2.32. The molecule has 2 aliphatic heterocycles. The fourth-order valence-corrected chi connectivity index (χ4v) is 4.21. The number of nitrogens with zero attached hydrogens (tertiary/aromatic N) is 4. The smallest absolute Gasteiger partial charge is 0.369 e. The molecule has 12 heteroatoms. The van der Waals surface area contributed by atoms with Crippen LogP contribution in [-0.2, 0) is 16.1 Å². The Morgan fingerprint density at radius 1 is 1.18 bits per heavy atom. The summed E-state index contributed by atoms with van der Waals surface area (Å²) >= 11 is 0. The fourth-order valence-electron chi connectivity index (χ4n) is 4.21. The normalized spacial score (nSPS) is 19.5. The highest BCUT2D eigenvalue weighted by Crippen LogP contribution is 2.35. The molecule has 3 heterocycles. The third-order valence-electron chi connectivity index (χ3n) is 6.18. The number of anilines is 3. The van der Waals surface area contributed by atoms with Gasteiger partial charge in [-0.1, -0.05) is 6.07 Å². The number of carbonyl (C=O) groups is 2. The number of aromatic nitrogens is 2. The van der Waals surface area contributed by atoms with Gasteiger partial charge in [0.1, 0.15) is 5.82 Å². The number of hydrogen-bond donors (Lipinski definition) is 2. The Morgan fingerprint density at radius 2 is 1.85 bits per heavy atom. The maximum absolute atomic E-state index is 14.6. The summed E-state index contributed by atoms with van der Waals surface area (Å²) < 4.78 is 53.1. The van der Waals surface area contributed by atoms with Crippen LogP contribution in [0.15, 0.2) is 30.6 Å². The van der Waals surface area contributed by atoms with Crippen molar-refractivity contribution in [3.63, 3.8) is 0 Å². The standard InChI is InChI=1S/C22H24F4N6O2/c23-17-7-13(11-32-12-14(20(27)34)8-19(32)33)1-2-18(17)30-16-9-28-21(29-10-16)31-5-3-15(4-6-31)22(24,25)26/h1-2,7,9-10,14-15,30H,3-6,8,11-12H2,(H2,27,34). The highest BCUT2D eigenvalue weighted by atomic mass is 19.4. The number of nitrogens with one attached hydrogen (secondary N) is 1. The van der Waals surface area contributed by atoms with E-state index in [0.717, 1.165) is 0 Å². The minimum absolute atomic E-state index is 0.00334. The second kappa shape index (κ2) is 9.43. The van der Waals surface area contributed by atoms with Gasteiger partial charge in [0.05, 0.1) is 35.6 Å². The molecule has 0 saturated carbocycles. The van der Waals surface area contributed by atoms with Crippen LogP contribution >= 0.6 is 0 Å². The lowest BCUT2D eigenvalue weighted by molar-refractivity contribution is -0.179. The second-order valence-corrected chi connectivity index (χ2v) is 8.59. The first-order valence-corrected chi connectivity index (χ1v) is 10.9. The Balaban J connectivity index is 1.34. The maximum atomic E-state index is 14.6. The monoisotopic (exact) mass is 480 g/mol. The van der Waals surface area contributed by atoms with E-state index < -0.39 is 29.7 Å². The van der Waals surface area contributed by atoms with Crippen molar-refractivity contribution in [2.75, 3.05) is 29.9 Å². The van der Waals surface area contributed by atoms with Crippen LogP contribution in [0.1, 0.15) is 24.8 Å². The van der Waals surface area contributed by atoms with Gasteiger partial charge < -0.3 is 20.9 Å². The highest BCUT2D eigenvalue weighted by Gasteiger charge is 2.41. The number of halogens is 4. The molecule has 1 aromatic carbocycles. The Bertz CT molecular complexity index is 1050. The van der Waals surface area contributed by atoms with Crippen LogP contribution in [0.4, 0.5) is 34.9 Å². The van der Waals surface area contributed by atoms with Crippen molar-refractivity contribution < 1.29 is 27.2 Å². The van der Waals surface area contributed by atoms with Gasteiger partial charge in [-0.05, 0) is 30.5 Å². The highest BCUT2D eigenvalue weighted by molar-refractivity contribution is 5.88. The molecular formula is C22H24F4N6O2. The Morgan fingerprint density at radius 3 is 2.41 bits per heavy atom. The fraction of sp³-hybridized carbons (Fsp3) is 0.455. The predicted octanol–water partition coefficient (Wildman–Crippen LogP) is 2.97. The lowest BCUT2D eigenvalue weighted by Crippen LogP contribution is -2.39. The minimum Gasteiger partial charge on any atom is -0.369 e. The van der Waals surface area contributed by atoms with Crippen molar-refractivity contribution in [1.29, 1.82) is 0 Å². The van der Waals surface area contributed by atoms with Gasteiger partial charge >= 0.3 is 6.18 Å². The van der Waals surface area contributed by atoms with E-state index in [2.05, 4.69) is 15.3 Å². The molecule has 8 nitrogen and oxygen atoms in total. The number of alkyl halides is 3. The van der Waals surface area contributed by atoms with Crippen LogP contribution in [0.2, 0.25) is 0 Å². The van der Waals surface area contributed by atoms with Crippen molar-refractivity contribution in [2.24, 2.45) is 17.6 Å². The van der Waals surface area contributed by atoms with E-state index >= 15 is 0 Å². The Labute approximate surface area is 193 Å². The number of hydrogen-bond acceptors (Lipinski definition) is 6. The van der Waals surface area contributed by atoms with Crippen LogP contribution in [0.5, 0.6) is 0 Å². The summed E-state index contributed by atoms with van der Waals surface area (Å²) in [4.78, 5) is 34.9. The second-order valence-electron chi connectivity index (χ2n) is 8.59. The van der Waals surface area contributed by atoms with Crippen LogP contribution in [0.3, 0.4) is 0 Å². The quantitative estimate of drug-likeness (QED) is 0.616. The number of likely N-dealkylation sites (tertiary alicyclic amines) is 1. The van der Waals surface area contributed by atoms with Crippen LogP contribution in [-0.4, -0.2) is 52.5 Å². The topological polar surface area (TPSA) is 104 Å². The molecule has 0 spiro atoms. The van der Waals surface area contributed by atoms with Crippen molar-refractivity contribution in [2.45, 2.75) is 32.0 Å². The van der Waals surface area contributed by atoms with E-state index in [0.29, 0.717) is 17.2 Å². The molecule has 1 aromatic heterocycles. The summed E-state index contributed by atoms with van der Waals surface area (Å²) in [5.74, 6) is -2.78. The largest absolute Gasteiger partial charge is 0.391 e. The Hall–Kier alpha value is -3.44. The van der Waals surface area contributed by atoms with Crippen molar-refractivity contribution in [1.82, 2.24) is 14.9 Å². The minimum atomic E-state index is -4.18. The summed E-state index contributed by atoms with van der Waals surface area (Å²) in [5, 5.41) is 2.87. The lowest BCUT2D eigenvalue weighted by atomic mass is 9.96. The van der Waals surface area contributed by atoms with Crippen molar-refractivity contribution in [3.8, 4) is 0 Å². The third-order valence-corrected chi connectivity index (χ3v) is 6.18. The van der Waals surface area contributed by atoms with E-state index in [9.17, 15) is 27.2 Å². The molecule has 2 amide bonds. The van der Waals surface area contributed by atoms with E-state index in [4.69, 9.17) is 5.73 Å². The number of benzene rings is 1. The molecule has 0 bridgehead atoms. The van der Waals surface area contributed by atoms with Gasteiger partial charge in [-0.2, -0.15) is 13.2 Å². The zero-order valence-electron chi connectivity index (χ0n) is 18.2. The van der Waals surface area contributed by atoms with Gasteiger partial charge in [-0.3, -0.25) is 9.59 Å². The van der Waals surface area contributed by atoms with Gasteiger partial charge in [-0.15, -0.1) is 0 Å². The average molecular weight is 480 g/mol. The summed E-state index contributed by atoms with van der Waals surface area (Å²) in [5.41, 5.74) is 6.42. The first kappa shape index (κ1) is 23.7. The van der Waals surface area contributed by atoms with Gasteiger partial charge in [0, 0.05) is 32.6 Å². The number of piperidine rings is 1. The number of carbonyl (C=O) groups excluding carboxylic acids is 2. The average Bonchev–Trinajstić information content (AvgIpc) is 3.16. The van der Waals surface area contributed by atoms with E-state index in [1.807, 2.05) is 0 Å². The molecule has 2 aromatic rings. The molecule has 2 aliphatic rings. The van der Waals surface area contributed by atoms with Crippen LogP contribution < -0.4 is 16.0 Å².